The van der Waals surface area contributed by atoms with Gasteiger partial charge in [-0.25, -0.2) is 8.42 Å². The second kappa shape index (κ2) is 10.0. The molecule has 0 fully saturated rings. The third kappa shape index (κ3) is 5.32. The van der Waals surface area contributed by atoms with Gasteiger partial charge in [0, 0.05) is 5.69 Å². The molecule has 1 aromatic heterocycles. The first kappa shape index (κ1) is 22.4. The Labute approximate surface area is 189 Å². The van der Waals surface area contributed by atoms with E-state index in [2.05, 4.69) is 22.7 Å². The molecule has 3 rings (SSSR count). The predicted molar refractivity (Wildman–Crippen MR) is 104 cm³/mol. The normalized spacial score (nSPS) is 10.8. The minimum atomic E-state index is -3.81. The van der Waals surface area contributed by atoms with Crippen LogP contribution < -0.4 is 4.72 Å². The molecule has 0 aliphatic heterocycles. The first-order valence-electron chi connectivity index (χ1n) is 8.39. The van der Waals surface area contributed by atoms with Crippen LogP contribution in [0.2, 0.25) is 0 Å². The van der Waals surface area contributed by atoms with Crippen LogP contribution in [0.25, 0.3) is 0 Å². The van der Waals surface area contributed by atoms with Gasteiger partial charge in [-0.3, -0.25) is 9.71 Å². The summed E-state index contributed by atoms with van der Waals surface area (Å²) in [4.78, 5) is 17.1. The van der Waals surface area contributed by atoms with Gasteiger partial charge in [0.05, 0.1) is 4.90 Å². The monoisotopic (exact) mass is 616 g/mol. The fraction of sp³-hybridized carbons (Fsp3) is 0.0952. The van der Waals surface area contributed by atoms with Crippen molar-refractivity contribution in [1.29, 1.82) is 0 Å². The van der Waals surface area contributed by atoms with E-state index in [0.29, 0.717) is 12.8 Å². The molecule has 0 unspecified atom stereocenters. The van der Waals surface area contributed by atoms with E-state index in [0.717, 1.165) is 5.56 Å². The molecule has 2 aromatic carbocycles. The van der Waals surface area contributed by atoms with Crippen molar-refractivity contribution in [3.8, 4) is 0 Å². The SMILES string of the molecule is [CH2-]CCc1[c-]c(C(=O)c2ccccc2NS(=O)(=O)c2ccccc2)ncc1.[U+2]. The summed E-state index contributed by atoms with van der Waals surface area (Å²) in [5.41, 5.74) is 1.40. The Bertz CT molecular complexity index is 1050. The van der Waals surface area contributed by atoms with Gasteiger partial charge in [-0.15, -0.1) is 12.1 Å². The number of aromatic nitrogens is 1. The molecule has 7 heteroatoms. The average Bonchev–Trinajstić information content (AvgIpc) is 2.69. The van der Waals surface area contributed by atoms with Crippen molar-refractivity contribution in [3.05, 3.63) is 96.7 Å². The zero-order chi connectivity index (χ0) is 19.3. The summed E-state index contributed by atoms with van der Waals surface area (Å²) in [5.74, 6) is -0.396. The van der Waals surface area contributed by atoms with E-state index < -0.39 is 15.8 Å². The summed E-state index contributed by atoms with van der Waals surface area (Å²) in [7, 11) is -3.81. The van der Waals surface area contributed by atoms with E-state index >= 15 is 0 Å². The second-order valence-electron chi connectivity index (χ2n) is 5.84. The van der Waals surface area contributed by atoms with Gasteiger partial charge >= 0.3 is 31.1 Å². The smallest absolute Gasteiger partial charge is 0.363 e. The van der Waals surface area contributed by atoms with Crippen LogP contribution in [-0.2, 0) is 16.4 Å². The van der Waals surface area contributed by atoms with Crippen LogP contribution in [-0.4, -0.2) is 19.2 Å². The number of carbonyl (C=O) groups is 1. The predicted octanol–water partition coefficient (Wildman–Crippen LogP) is 3.68. The van der Waals surface area contributed by atoms with Gasteiger partial charge in [0.25, 0.3) is 10.0 Å². The number of ketones is 1. The zero-order valence-corrected chi connectivity index (χ0v) is 20.0. The van der Waals surface area contributed by atoms with E-state index in [1.165, 1.54) is 12.1 Å². The first-order chi connectivity index (χ1) is 13.0. The summed E-state index contributed by atoms with van der Waals surface area (Å²) in [6, 6.07) is 19.2. The Hall–Kier alpha value is -1.94. The average molecular weight is 616 g/mol. The fourth-order valence-electron chi connectivity index (χ4n) is 2.58. The molecule has 0 aliphatic carbocycles. The molecule has 140 valence electrons. The van der Waals surface area contributed by atoms with E-state index in [9.17, 15) is 13.2 Å². The van der Waals surface area contributed by atoms with Crippen molar-refractivity contribution < 1.29 is 44.3 Å². The maximum Gasteiger partial charge on any atom is 2.00 e. The molecule has 1 heterocycles. The summed E-state index contributed by atoms with van der Waals surface area (Å²) in [5, 5.41) is 0. The number of pyridine rings is 1. The molecule has 3 aromatic rings. The van der Waals surface area contributed by atoms with Crippen molar-refractivity contribution in [1.82, 2.24) is 4.98 Å². The maximum atomic E-state index is 12.9. The molecule has 0 spiro atoms. The number of benzene rings is 2. The molecule has 0 aliphatic rings. The Kier molecular flexibility index (Phi) is 8.00. The summed E-state index contributed by atoms with van der Waals surface area (Å²) in [6.45, 7) is 3.79. The van der Waals surface area contributed by atoms with E-state index in [-0.39, 0.29) is 53.0 Å². The van der Waals surface area contributed by atoms with Gasteiger partial charge < -0.3 is 11.7 Å². The number of hydrogen-bond acceptors (Lipinski definition) is 4. The Morgan fingerprint density at radius 3 is 2.43 bits per heavy atom. The van der Waals surface area contributed by atoms with Gasteiger partial charge in [0.1, 0.15) is 5.78 Å². The van der Waals surface area contributed by atoms with Crippen LogP contribution in [0.5, 0.6) is 0 Å². The minimum absolute atomic E-state index is 0. The van der Waals surface area contributed by atoms with Crippen LogP contribution in [0.15, 0.2) is 71.8 Å². The molecule has 0 saturated carbocycles. The molecule has 28 heavy (non-hydrogen) atoms. The maximum absolute atomic E-state index is 12.9. The molecule has 0 atom stereocenters. The third-order valence-electron chi connectivity index (χ3n) is 3.89. The number of para-hydroxylation sites is 1. The zero-order valence-electron chi connectivity index (χ0n) is 15.1. The summed E-state index contributed by atoms with van der Waals surface area (Å²) in [6.07, 6.45) is 2.91. The van der Waals surface area contributed by atoms with Crippen molar-refractivity contribution in [3.63, 3.8) is 0 Å². The van der Waals surface area contributed by atoms with Crippen molar-refractivity contribution >= 4 is 21.5 Å². The van der Waals surface area contributed by atoms with Gasteiger partial charge in [-0.05, 0) is 35.7 Å². The van der Waals surface area contributed by atoms with Gasteiger partial charge in [-0.1, -0.05) is 42.8 Å². The largest absolute Gasteiger partial charge is 2.00 e. The van der Waals surface area contributed by atoms with Crippen LogP contribution in [0.3, 0.4) is 0 Å². The minimum Gasteiger partial charge on any atom is -0.363 e. The standard InChI is InChI=1S/C21H18N2O3S.U/c1-2-8-16-13-14-22-20(15-16)21(24)18-11-6-7-12-19(18)23-27(25,26)17-9-4-3-5-10-17;/h3-7,9-14,23H,1-2,8H2;/q-2;+2. The van der Waals surface area contributed by atoms with Crippen molar-refractivity contribution in [2.75, 3.05) is 4.72 Å². The third-order valence-corrected chi connectivity index (χ3v) is 5.27. The van der Waals surface area contributed by atoms with Gasteiger partial charge in [0.15, 0.2) is 0 Å². The number of rotatable bonds is 7. The van der Waals surface area contributed by atoms with E-state index in [4.69, 9.17) is 0 Å². The molecule has 5 nitrogen and oxygen atoms in total. The molecule has 0 radical (unpaired) electrons. The quantitative estimate of drug-likeness (QED) is 0.325. The number of hydrogen-bond donors (Lipinski definition) is 1. The molecule has 0 saturated heterocycles. The molecule has 1 N–H and O–H groups in total. The van der Waals surface area contributed by atoms with E-state index in [1.54, 1.807) is 54.7 Å². The number of nitrogens with one attached hydrogen (secondary N) is 1. The number of carbonyl (C=O) groups excluding carboxylic acids is 1. The van der Waals surface area contributed by atoms with Crippen LogP contribution in [0.1, 0.15) is 28.0 Å². The second-order valence-corrected chi connectivity index (χ2v) is 7.52. The number of sulfonamides is 1. The van der Waals surface area contributed by atoms with Crippen LogP contribution >= 0.6 is 0 Å². The van der Waals surface area contributed by atoms with E-state index in [1.807, 2.05) is 0 Å². The molecular weight excluding hydrogens is 598 g/mol. The molecule has 0 bridgehead atoms. The molecular formula is C21H18N2O3SU. The first-order valence-corrected chi connectivity index (χ1v) is 9.87. The summed E-state index contributed by atoms with van der Waals surface area (Å²) >= 11 is 0. The van der Waals surface area contributed by atoms with Gasteiger partial charge in [-0.2, -0.15) is 12.0 Å². The Morgan fingerprint density at radius 2 is 1.71 bits per heavy atom. The molecule has 0 amide bonds. The topological polar surface area (TPSA) is 76.1 Å². The fourth-order valence-corrected chi connectivity index (χ4v) is 3.68. The van der Waals surface area contributed by atoms with Crippen molar-refractivity contribution in [2.24, 2.45) is 0 Å². The number of anilines is 1. The van der Waals surface area contributed by atoms with Crippen molar-refractivity contribution in [2.45, 2.75) is 17.7 Å². The Balaban J connectivity index is 0.00000280. The van der Waals surface area contributed by atoms with Crippen LogP contribution in [0, 0.1) is 44.1 Å². The summed E-state index contributed by atoms with van der Waals surface area (Å²) < 4.78 is 27.7. The Morgan fingerprint density at radius 1 is 1.04 bits per heavy atom. The number of aryl methyl sites for hydroxylation is 1. The van der Waals surface area contributed by atoms with Crippen LogP contribution in [0.4, 0.5) is 5.69 Å². The van der Waals surface area contributed by atoms with Gasteiger partial charge in [0.2, 0.25) is 0 Å². The number of nitrogens with zero attached hydrogens (tertiary/aromatic N) is 1.